The Kier molecular flexibility index (Phi) is 3.30. The van der Waals surface area contributed by atoms with E-state index in [2.05, 4.69) is 42.6 Å². The third-order valence-corrected chi connectivity index (χ3v) is 4.87. The average molecular weight is 295 g/mol. The second kappa shape index (κ2) is 5.33. The molecule has 3 nitrogen and oxygen atoms in total. The number of aryl methyl sites for hydroxylation is 1. The minimum atomic E-state index is 0.211. The van der Waals surface area contributed by atoms with E-state index >= 15 is 0 Å². The first-order chi connectivity index (χ1) is 10.8. The molecule has 1 unspecified atom stereocenters. The van der Waals surface area contributed by atoms with Gasteiger partial charge in [-0.3, -0.25) is 0 Å². The van der Waals surface area contributed by atoms with Crippen LogP contribution in [0, 0.1) is 12.8 Å². The van der Waals surface area contributed by atoms with Crippen molar-refractivity contribution >= 4 is 5.69 Å². The fourth-order valence-corrected chi connectivity index (χ4v) is 3.73. The summed E-state index contributed by atoms with van der Waals surface area (Å²) in [7, 11) is 1.70. The summed E-state index contributed by atoms with van der Waals surface area (Å²) in [5.41, 5.74) is 5.10. The van der Waals surface area contributed by atoms with Gasteiger partial charge in [-0.1, -0.05) is 29.8 Å². The molecule has 3 atom stereocenters. The largest absolute Gasteiger partial charge is 0.497 e. The molecule has 2 heterocycles. The van der Waals surface area contributed by atoms with Crippen LogP contribution >= 0.6 is 0 Å². The summed E-state index contributed by atoms with van der Waals surface area (Å²) in [6.07, 6.45) is 1.31. The van der Waals surface area contributed by atoms with Crippen LogP contribution in [0.4, 0.5) is 5.69 Å². The van der Waals surface area contributed by atoms with Gasteiger partial charge < -0.3 is 14.8 Å². The quantitative estimate of drug-likeness (QED) is 0.898. The van der Waals surface area contributed by atoms with Crippen molar-refractivity contribution in [2.45, 2.75) is 25.5 Å². The lowest BCUT2D eigenvalue weighted by molar-refractivity contribution is 0.0829. The van der Waals surface area contributed by atoms with Gasteiger partial charge in [-0.2, -0.15) is 0 Å². The molecular weight excluding hydrogens is 274 g/mol. The minimum Gasteiger partial charge on any atom is -0.497 e. The molecule has 0 bridgehead atoms. The van der Waals surface area contributed by atoms with Crippen molar-refractivity contribution in [3.8, 4) is 5.75 Å². The van der Waals surface area contributed by atoms with Crippen LogP contribution in [0.5, 0.6) is 5.75 Å². The van der Waals surface area contributed by atoms with E-state index in [4.69, 9.17) is 9.47 Å². The molecule has 2 aromatic carbocycles. The monoisotopic (exact) mass is 295 g/mol. The lowest BCUT2D eigenvalue weighted by atomic mass is 9.80. The highest BCUT2D eigenvalue weighted by Gasteiger charge is 2.41. The van der Waals surface area contributed by atoms with E-state index in [1.807, 2.05) is 12.1 Å². The van der Waals surface area contributed by atoms with Crippen LogP contribution < -0.4 is 10.1 Å². The summed E-state index contributed by atoms with van der Waals surface area (Å²) in [4.78, 5) is 0. The van der Waals surface area contributed by atoms with Crippen molar-refractivity contribution in [2.75, 3.05) is 19.0 Å². The van der Waals surface area contributed by atoms with Gasteiger partial charge in [0, 0.05) is 23.8 Å². The SMILES string of the molecule is COc1ccc(C2Nc3ccc(C)cc3[C@H]3OCC[C@@H]23)cc1. The number of methoxy groups -OCH3 is 1. The molecule has 2 aliphatic heterocycles. The van der Waals surface area contributed by atoms with Gasteiger partial charge in [-0.05, 0) is 37.1 Å². The number of fused-ring (bicyclic) bond motifs is 3. The predicted octanol–water partition coefficient (Wildman–Crippen LogP) is 4.25. The molecule has 1 saturated heterocycles. The van der Waals surface area contributed by atoms with Crippen LogP contribution in [0.25, 0.3) is 0 Å². The van der Waals surface area contributed by atoms with Crippen molar-refractivity contribution < 1.29 is 9.47 Å². The van der Waals surface area contributed by atoms with Crippen molar-refractivity contribution in [3.05, 3.63) is 59.2 Å². The van der Waals surface area contributed by atoms with E-state index in [0.717, 1.165) is 18.8 Å². The van der Waals surface area contributed by atoms with Gasteiger partial charge in [0.1, 0.15) is 5.75 Å². The number of anilines is 1. The summed E-state index contributed by atoms with van der Waals surface area (Å²) in [5, 5.41) is 3.73. The Balaban J connectivity index is 1.73. The second-order valence-corrected chi connectivity index (χ2v) is 6.23. The smallest absolute Gasteiger partial charge is 0.118 e. The van der Waals surface area contributed by atoms with E-state index in [-0.39, 0.29) is 6.10 Å². The van der Waals surface area contributed by atoms with E-state index in [1.165, 1.54) is 22.4 Å². The van der Waals surface area contributed by atoms with Crippen molar-refractivity contribution in [3.63, 3.8) is 0 Å². The Bertz CT molecular complexity index is 680. The van der Waals surface area contributed by atoms with Gasteiger partial charge in [0.25, 0.3) is 0 Å². The minimum absolute atomic E-state index is 0.211. The Morgan fingerprint density at radius 1 is 1.14 bits per heavy atom. The summed E-state index contributed by atoms with van der Waals surface area (Å²) < 4.78 is 11.3. The van der Waals surface area contributed by atoms with Crippen molar-refractivity contribution in [1.29, 1.82) is 0 Å². The van der Waals surface area contributed by atoms with Crippen LogP contribution in [0.3, 0.4) is 0 Å². The molecular formula is C19H21NO2. The molecule has 1 N–H and O–H groups in total. The number of ether oxygens (including phenoxy) is 2. The Hall–Kier alpha value is -2.00. The normalized spacial score (nSPS) is 26.0. The zero-order chi connectivity index (χ0) is 15.1. The van der Waals surface area contributed by atoms with E-state index in [0.29, 0.717) is 12.0 Å². The fourth-order valence-electron chi connectivity index (χ4n) is 3.73. The molecule has 0 aromatic heterocycles. The molecule has 1 fully saturated rings. The van der Waals surface area contributed by atoms with E-state index in [1.54, 1.807) is 7.11 Å². The van der Waals surface area contributed by atoms with Crippen molar-refractivity contribution in [2.24, 2.45) is 5.92 Å². The highest BCUT2D eigenvalue weighted by molar-refractivity contribution is 5.58. The summed E-state index contributed by atoms with van der Waals surface area (Å²) in [6, 6.07) is 15.3. The topological polar surface area (TPSA) is 30.5 Å². The zero-order valence-electron chi connectivity index (χ0n) is 13.0. The van der Waals surface area contributed by atoms with Gasteiger partial charge in [0.2, 0.25) is 0 Å². The van der Waals surface area contributed by atoms with Gasteiger partial charge in [0.15, 0.2) is 0 Å². The van der Waals surface area contributed by atoms with Crippen LogP contribution in [0.2, 0.25) is 0 Å². The molecule has 0 spiro atoms. The van der Waals surface area contributed by atoms with E-state index < -0.39 is 0 Å². The third kappa shape index (κ3) is 2.17. The van der Waals surface area contributed by atoms with E-state index in [9.17, 15) is 0 Å². The number of hydrogen-bond acceptors (Lipinski definition) is 3. The number of rotatable bonds is 2. The maximum absolute atomic E-state index is 6.07. The van der Waals surface area contributed by atoms with Crippen molar-refractivity contribution in [1.82, 2.24) is 0 Å². The number of nitrogens with one attached hydrogen (secondary N) is 1. The molecule has 3 heteroatoms. The lowest BCUT2D eigenvalue weighted by Crippen LogP contribution is -2.29. The molecule has 4 rings (SSSR count). The second-order valence-electron chi connectivity index (χ2n) is 6.23. The number of benzene rings is 2. The van der Waals surface area contributed by atoms with Crippen LogP contribution in [0.1, 0.15) is 35.3 Å². The molecule has 2 aliphatic rings. The van der Waals surface area contributed by atoms with Gasteiger partial charge in [-0.25, -0.2) is 0 Å². The Morgan fingerprint density at radius 2 is 1.95 bits per heavy atom. The first-order valence-electron chi connectivity index (χ1n) is 7.89. The summed E-state index contributed by atoms with van der Waals surface area (Å²) in [5.74, 6) is 1.39. The highest BCUT2D eigenvalue weighted by Crippen LogP contribution is 2.50. The molecule has 2 aromatic rings. The molecule has 114 valence electrons. The fraction of sp³-hybridized carbons (Fsp3) is 0.368. The van der Waals surface area contributed by atoms with Crippen LogP contribution in [0.15, 0.2) is 42.5 Å². The lowest BCUT2D eigenvalue weighted by Gasteiger charge is -2.36. The molecule has 0 amide bonds. The Morgan fingerprint density at radius 3 is 2.73 bits per heavy atom. The van der Waals surface area contributed by atoms with Gasteiger partial charge in [-0.15, -0.1) is 0 Å². The zero-order valence-corrected chi connectivity index (χ0v) is 13.0. The summed E-state index contributed by atoms with van der Waals surface area (Å²) in [6.45, 7) is 2.98. The molecule has 0 radical (unpaired) electrons. The first kappa shape index (κ1) is 13.6. The molecule has 22 heavy (non-hydrogen) atoms. The first-order valence-corrected chi connectivity index (χ1v) is 7.89. The third-order valence-electron chi connectivity index (χ3n) is 4.87. The van der Waals surface area contributed by atoms with Gasteiger partial charge in [0.05, 0.1) is 19.3 Å². The number of hydrogen-bond donors (Lipinski definition) is 1. The molecule has 0 aliphatic carbocycles. The maximum Gasteiger partial charge on any atom is 0.118 e. The average Bonchev–Trinajstić information content (AvgIpc) is 3.04. The van der Waals surface area contributed by atoms with Crippen LogP contribution in [-0.2, 0) is 4.74 Å². The highest BCUT2D eigenvalue weighted by atomic mass is 16.5. The van der Waals surface area contributed by atoms with Gasteiger partial charge >= 0.3 is 0 Å². The predicted molar refractivity (Wildman–Crippen MR) is 87.3 cm³/mol. The molecule has 0 saturated carbocycles. The standard InChI is InChI=1S/C19H21NO2/c1-12-3-8-17-16(11-12)19-15(9-10-22-19)18(20-17)13-4-6-14(21-2)7-5-13/h3-8,11,15,18-20H,9-10H2,1-2H3/t15-,18?,19-/m0/s1. The maximum atomic E-state index is 6.07. The summed E-state index contributed by atoms with van der Waals surface area (Å²) >= 11 is 0. The van der Waals surface area contributed by atoms with Crippen LogP contribution in [-0.4, -0.2) is 13.7 Å². The Labute approximate surface area is 131 Å².